The Bertz CT molecular complexity index is 460. The van der Waals surface area contributed by atoms with Crippen molar-refractivity contribution in [2.45, 2.75) is 20.8 Å². The maximum absolute atomic E-state index is 11.7. The molecular weight excluding hydrogens is 264 g/mol. The van der Waals surface area contributed by atoms with Crippen LogP contribution in [0, 0.1) is 11.3 Å². The van der Waals surface area contributed by atoms with E-state index >= 15 is 0 Å². The van der Waals surface area contributed by atoms with E-state index in [-0.39, 0.29) is 36.8 Å². The monoisotopic (exact) mass is 282 g/mol. The van der Waals surface area contributed by atoms with Crippen molar-refractivity contribution < 1.29 is 23.8 Å². The molecule has 0 spiro atoms. The Balaban J connectivity index is 5.54. The van der Waals surface area contributed by atoms with Crippen LogP contribution in [0.2, 0.25) is 0 Å². The van der Waals surface area contributed by atoms with Crippen LogP contribution in [0.3, 0.4) is 0 Å². The van der Waals surface area contributed by atoms with Gasteiger partial charge in [0.05, 0.1) is 19.8 Å². The lowest BCUT2D eigenvalue weighted by Gasteiger charge is -2.08. The normalized spacial score (nSPS) is 12.0. The molecule has 0 rings (SSSR count). The largest absolute Gasteiger partial charge is 0.479 e. The fraction of sp³-hybridized carbons (Fsp3) is 0.462. The van der Waals surface area contributed by atoms with Gasteiger partial charge in [0.1, 0.15) is 17.2 Å². The molecule has 0 heterocycles. The van der Waals surface area contributed by atoms with E-state index in [9.17, 15) is 9.59 Å². The van der Waals surface area contributed by atoms with Gasteiger partial charge in [-0.25, -0.2) is 9.59 Å². The van der Waals surface area contributed by atoms with E-state index in [1.54, 1.807) is 26.8 Å². The molecule has 0 aromatic rings. The van der Waals surface area contributed by atoms with Crippen LogP contribution in [0.25, 0.3) is 0 Å². The van der Waals surface area contributed by atoms with Gasteiger partial charge in [-0.15, -0.1) is 0 Å². The zero-order valence-corrected chi connectivity index (χ0v) is 11.8. The third-order valence-electron chi connectivity index (χ3n) is 1.97. The van der Waals surface area contributed by atoms with Crippen molar-refractivity contribution in [3.63, 3.8) is 0 Å². The number of nitrogens with zero attached hydrogens (tertiary/aromatic N) is 1. The number of carbonyl (C=O) groups is 2. The van der Waals surface area contributed by atoms with Crippen LogP contribution in [-0.2, 0) is 23.8 Å². The number of carbonyl (C=O) groups excluding carboxylic acids is 2. The van der Waals surface area contributed by atoms with Crippen LogP contribution in [0.15, 0.2) is 23.1 Å². The van der Waals surface area contributed by atoms with Crippen LogP contribution >= 0.6 is 0 Å². The van der Waals surface area contributed by atoms with Gasteiger partial charge in [0.25, 0.3) is 0 Å². The summed E-state index contributed by atoms with van der Waals surface area (Å²) in [6.07, 6.45) is 1.00. The fourth-order valence-electron chi connectivity index (χ4n) is 1.16. The number of rotatable bonds is 7. The van der Waals surface area contributed by atoms with Crippen molar-refractivity contribution in [3.05, 3.63) is 23.1 Å². The lowest BCUT2D eigenvalue weighted by atomic mass is 10.1. The van der Waals surface area contributed by atoms with Gasteiger partial charge >= 0.3 is 11.9 Å². The smallest absolute Gasteiger partial charge is 0.348 e. The average molecular weight is 282 g/mol. The molecule has 0 aliphatic heterocycles. The molecular formula is C13H18N2O5. The van der Waals surface area contributed by atoms with Gasteiger partial charge in [-0.05, 0) is 26.8 Å². The quantitative estimate of drug-likeness (QED) is 0.241. The number of nitrogens with two attached hydrogens (primary N) is 1. The standard InChI is InChI=1S/C13H18N2O5/c1-4-18-11(15)10(13(17)20-6-3)7-9(8-14)12(16)19-5-2/h7H,4-6,15H2,1-3H3/b9-7+,11-10-. The summed E-state index contributed by atoms with van der Waals surface area (Å²) in [6, 6.07) is 1.64. The number of nitriles is 1. The highest BCUT2D eigenvalue weighted by atomic mass is 16.5. The summed E-state index contributed by atoms with van der Waals surface area (Å²) in [5, 5.41) is 8.92. The van der Waals surface area contributed by atoms with Gasteiger partial charge in [-0.1, -0.05) is 0 Å². The summed E-state index contributed by atoms with van der Waals surface area (Å²) < 4.78 is 14.5. The first kappa shape index (κ1) is 17.5. The van der Waals surface area contributed by atoms with Gasteiger partial charge in [-0.2, -0.15) is 5.26 Å². The Morgan fingerprint density at radius 1 is 1.05 bits per heavy atom. The third kappa shape index (κ3) is 5.44. The lowest BCUT2D eigenvalue weighted by Crippen LogP contribution is -2.16. The number of ether oxygens (including phenoxy) is 3. The van der Waals surface area contributed by atoms with Crippen molar-refractivity contribution in [1.29, 1.82) is 5.26 Å². The van der Waals surface area contributed by atoms with Crippen LogP contribution in [0.5, 0.6) is 0 Å². The first-order valence-corrected chi connectivity index (χ1v) is 6.10. The van der Waals surface area contributed by atoms with Gasteiger partial charge in [-0.3, -0.25) is 0 Å². The van der Waals surface area contributed by atoms with Gasteiger partial charge in [0.15, 0.2) is 5.88 Å². The fourth-order valence-corrected chi connectivity index (χ4v) is 1.16. The second kappa shape index (κ2) is 9.44. The Hall–Kier alpha value is -2.49. The second-order valence-electron chi connectivity index (χ2n) is 3.32. The van der Waals surface area contributed by atoms with Crippen molar-refractivity contribution in [2.24, 2.45) is 5.73 Å². The minimum absolute atomic E-state index is 0.108. The number of hydrogen-bond donors (Lipinski definition) is 1. The molecule has 7 nitrogen and oxygen atoms in total. The first-order chi connectivity index (χ1) is 9.51. The van der Waals surface area contributed by atoms with E-state index in [1.807, 2.05) is 0 Å². The summed E-state index contributed by atoms with van der Waals surface area (Å²) in [4.78, 5) is 23.2. The zero-order valence-electron chi connectivity index (χ0n) is 11.8. The van der Waals surface area contributed by atoms with Crippen LogP contribution < -0.4 is 5.73 Å². The molecule has 0 atom stereocenters. The van der Waals surface area contributed by atoms with Crippen molar-refractivity contribution >= 4 is 11.9 Å². The van der Waals surface area contributed by atoms with E-state index in [0.717, 1.165) is 6.08 Å². The molecule has 2 N–H and O–H groups in total. The topological polar surface area (TPSA) is 112 Å². The third-order valence-corrected chi connectivity index (χ3v) is 1.97. The highest BCUT2D eigenvalue weighted by Crippen LogP contribution is 2.10. The maximum atomic E-state index is 11.7. The van der Waals surface area contributed by atoms with Gasteiger partial charge < -0.3 is 19.9 Å². The predicted octanol–water partition coefficient (Wildman–Crippen LogP) is 0.769. The molecule has 0 radical (unpaired) electrons. The van der Waals surface area contributed by atoms with Crippen LogP contribution in [-0.4, -0.2) is 31.8 Å². The summed E-state index contributed by atoms with van der Waals surface area (Å²) in [7, 11) is 0. The molecule has 0 aromatic carbocycles. The molecule has 7 heteroatoms. The molecule has 20 heavy (non-hydrogen) atoms. The Morgan fingerprint density at radius 3 is 2.00 bits per heavy atom. The van der Waals surface area contributed by atoms with Crippen molar-refractivity contribution in [3.8, 4) is 6.07 Å². The molecule has 0 aromatic heterocycles. The minimum Gasteiger partial charge on any atom is -0.479 e. The summed E-state index contributed by atoms with van der Waals surface area (Å²) in [5.74, 6) is -1.85. The zero-order chi connectivity index (χ0) is 15.5. The van der Waals surface area contributed by atoms with Crippen molar-refractivity contribution in [1.82, 2.24) is 0 Å². The lowest BCUT2D eigenvalue weighted by molar-refractivity contribution is -0.138. The van der Waals surface area contributed by atoms with E-state index < -0.39 is 11.9 Å². The summed E-state index contributed by atoms with van der Waals surface area (Å²) in [6.45, 7) is 5.35. The van der Waals surface area contributed by atoms with E-state index in [4.69, 9.17) is 20.5 Å². The molecule has 0 aliphatic rings. The molecule has 0 bridgehead atoms. The van der Waals surface area contributed by atoms with E-state index in [0.29, 0.717) is 0 Å². The predicted molar refractivity (Wildman–Crippen MR) is 69.8 cm³/mol. The molecule has 0 amide bonds. The SMILES string of the molecule is CCOC(=O)C(/C=C(\C#N)C(=O)OCC)=C(/N)OCC. The second-order valence-corrected chi connectivity index (χ2v) is 3.32. The van der Waals surface area contributed by atoms with E-state index in [1.165, 1.54) is 0 Å². The molecule has 0 aliphatic carbocycles. The Kier molecular flexibility index (Phi) is 8.27. The molecule has 110 valence electrons. The van der Waals surface area contributed by atoms with E-state index in [2.05, 4.69) is 4.74 Å². The number of hydrogen-bond acceptors (Lipinski definition) is 7. The Morgan fingerprint density at radius 2 is 1.55 bits per heavy atom. The first-order valence-electron chi connectivity index (χ1n) is 6.10. The Labute approximate surface area is 117 Å². The summed E-state index contributed by atoms with van der Waals surface area (Å²) in [5.41, 5.74) is 5.03. The highest BCUT2D eigenvalue weighted by molar-refractivity contribution is 5.98. The minimum atomic E-state index is -0.846. The van der Waals surface area contributed by atoms with Crippen LogP contribution in [0.1, 0.15) is 20.8 Å². The molecule has 0 unspecified atom stereocenters. The summed E-state index contributed by atoms with van der Waals surface area (Å²) >= 11 is 0. The molecule has 0 saturated carbocycles. The number of esters is 2. The maximum Gasteiger partial charge on any atom is 0.348 e. The molecule has 0 fully saturated rings. The molecule has 0 saturated heterocycles. The van der Waals surface area contributed by atoms with Gasteiger partial charge in [0, 0.05) is 0 Å². The highest BCUT2D eigenvalue weighted by Gasteiger charge is 2.19. The van der Waals surface area contributed by atoms with Crippen molar-refractivity contribution in [2.75, 3.05) is 19.8 Å². The average Bonchev–Trinajstić information content (AvgIpc) is 2.40. The van der Waals surface area contributed by atoms with Crippen LogP contribution in [0.4, 0.5) is 0 Å². The van der Waals surface area contributed by atoms with Gasteiger partial charge in [0.2, 0.25) is 0 Å².